The van der Waals surface area contributed by atoms with Gasteiger partial charge < -0.3 is 5.32 Å². The van der Waals surface area contributed by atoms with Gasteiger partial charge in [0, 0.05) is 0 Å². The number of ketones is 1. The zero-order valence-corrected chi connectivity index (χ0v) is 6.40. The van der Waals surface area contributed by atoms with Crippen molar-refractivity contribution in [2.75, 3.05) is 13.6 Å². The molecule has 11 heavy (non-hydrogen) atoms. The molecule has 0 amide bonds. The van der Waals surface area contributed by atoms with E-state index in [-0.39, 0.29) is 18.2 Å². The van der Waals surface area contributed by atoms with E-state index in [4.69, 9.17) is 0 Å². The molecule has 0 aliphatic carbocycles. The lowest BCUT2D eigenvalue weighted by Gasteiger charge is -1.90. The topological polar surface area (TPSA) is 72.7 Å². The predicted molar refractivity (Wildman–Crippen MR) is 37.1 cm³/mol. The summed E-state index contributed by atoms with van der Waals surface area (Å²) in [5.41, 5.74) is 0. The van der Waals surface area contributed by atoms with E-state index in [9.17, 15) is 4.79 Å². The Morgan fingerprint density at radius 1 is 1.73 bits per heavy atom. The second-order valence-corrected chi connectivity index (χ2v) is 2.06. The number of rotatable bonds is 3. The van der Waals surface area contributed by atoms with E-state index in [0.717, 1.165) is 0 Å². The highest BCUT2D eigenvalue weighted by Gasteiger charge is 2.09. The van der Waals surface area contributed by atoms with Gasteiger partial charge in [-0.25, -0.2) is 0 Å². The van der Waals surface area contributed by atoms with Crippen LogP contribution in [0.3, 0.4) is 0 Å². The summed E-state index contributed by atoms with van der Waals surface area (Å²) >= 11 is 0. The van der Waals surface area contributed by atoms with Crippen LogP contribution in [0.15, 0.2) is 0 Å². The molecule has 1 aromatic heterocycles. The molecular weight excluding hydrogens is 146 g/mol. The Balaban J connectivity index is 2.69. The van der Waals surface area contributed by atoms with Crippen molar-refractivity contribution in [3.63, 3.8) is 0 Å². The summed E-state index contributed by atoms with van der Waals surface area (Å²) in [6, 6.07) is 0. The molecule has 0 aliphatic heterocycles. The van der Waals surface area contributed by atoms with Crippen LogP contribution in [0.25, 0.3) is 0 Å². The van der Waals surface area contributed by atoms with Crippen molar-refractivity contribution in [3.05, 3.63) is 5.82 Å². The van der Waals surface area contributed by atoms with Crippen molar-refractivity contribution in [1.29, 1.82) is 0 Å². The Bertz CT molecular complexity index is 255. The molecule has 6 heteroatoms. The first kappa shape index (κ1) is 7.80. The standard InChI is InChI=1S/C5H9N5O/c1-6-3-4(11)5-7-9-10(2)8-5/h6H,3H2,1-2H3. The fraction of sp³-hybridized carbons (Fsp3) is 0.600. The van der Waals surface area contributed by atoms with Crippen molar-refractivity contribution in [3.8, 4) is 0 Å². The zero-order chi connectivity index (χ0) is 8.27. The quantitative estimate of drug-likeness (QED) is 0.544. The van der Waals surface area contributed by atoms with Crippen molar-refractivity contribution in [2.45, 2.75) is 0 Å². The maximum absolute atomic E-state index is 11.0. The number of hydrogen-bond acceptors (Lipinski definition) is 5. The zero-order valence-electron chi connectivity index (χ0n) is 6.40. The van der Waals surface area contributed by atoms with Crippen LogP contribution in [0.5, 0.6) is 0 Å². The number of tetrazole rings is 1. The summed E-state index contributed by atoms with van der Waals surface area (Å²) in [5, 5.41) is 13.5. The summed E-state index contributed by atoms with van der Waals surface area (Å²) in [5.74, 6) is 0.00227. The van der Waals surface area contributed by atoms with Crippen molar-refractivity contribution in [1.82, 2.24) is 25.5 Å². The summed E-state index contributed by atoms with van der Waals surface area (Å²) in [7, 11) is 3.30. The second-order valence-electron chi connectivity index (χ2n) is 2.06. The first-order valence-corrected chi connectivity index (χ1v) is 3.16. The van der Waals surface area contributed by atoms with E-state index in [1.165, 1.54) is 4.80 Å². The van der Waals surface area contributed by atoms with Crippen LogP contribution in [0.4, 0.5) is 0 Å². The molecule has 60 valence electrons. The lowest BCUT2D eigenvalue weighted by molar-refractivity contribution is 0.0983. The molecule has 1 aromatic rings. The number of hydrogen-bond donors (Lipinski definition) is 1. The van der Waals surface area contributed by atoms with Crippen molar-refractivity contribution >= 4 is 5.78 Å². The molecule has 0 fully saturated rings. The molecule has 0 atom stereocenters. The minimum atomic E-state index is -0.152. The molecule has 0 unspecified atom stereocenters. The molecule has 0 saturated carbocycles. The van der Waals surface area contributed by atoms with Gasteiger partial charge in [0.2, 0.25) is 11.6 Å². The van der Waals surface area contributed by atoms with Crippen LogP contribution in [-0.4, -0.2) is 39.6 Å². The van der Waals surface area contributed by atoms with Crippen LogP contribution in [0, 0.1) is 0 Å². The molecule has 6 nitrogen and oxygen atoms in total. The first-order chi connectivity index (χ1) is 5.24. The van der Waals surface area contributed by atoms with Gasteiger partial charge in [0.15, 0.2) is 0 Å². The fourth-order valence-electron chi connectivity index (χ4n) is 0.635. The maximum Gasteiger partial charge on any atom is 0.241 e. The Kier molecular flexibility index (Phi) is 2.27. The molecule has 1 heterocycles. The van der Waals surface area contributed by atoms with Gasteiger partial charge in [0.1, 0.15) is 0 Å². The van der Waals surface area contributed by atoms with Crippen LogP contribution in [0.2, 0.25) is 0 Å². The number of aryl methyl sites for hydroxylation is 1. The van der Waals surface area contributed by atoms with Gasteiger partial charge in [0.05, 0.1) is 13.6 Å². The van der Waals surface area contributed by atoms with Gasteiger partial charge in [-0.1, -0.05) is 0 Å². The van der Waals surface area contributed by atoms with Crippen molar-refractivity contribution < 1.29 is 4.79 Å². The monoisotopic (exact) mass is 155 g/mol. The third kappa shape index (κ3) is 1.81. The molecular formula is C5H9N5O. The number of Topliss-reactive ketones (excluding diaryl/α,β-unsaturated/α-hetero) is 1. The van der Waals surface area contributed by atoms with Gasteiger partial charge in [-0.05, 0) is 12.3 Å². The lowest BCUT2D eigenvalue weighted by Crippen LogP contribution is -2.19. The van der Waals surface area contributed by atoms with E-state index >= 15 is 0 Å². The first-order valence-electron chi connectivity index (χ1n) is 3.16. The van der Waals surface area contributed by atoms with Gasteiger partial charge in [-0.3, -0.25) is 4.79 Å². The molecule has 1 rings (SSSR count). The average molecular weight is 155 g/mol. The minimum Gasteiger partial charge on any atom is -0.313 e. The van der Waals surface area contributed by atoms with E-state index in [0.29, 0.717) is 0 Å². The summed E-state index contributed by atoms with van der Waals surface area (Å²) in [4.78, 5) is 12.3. The van der Waals surface area contributed by atoms with Crippen LogP contribution < -0.4 is 5.32 Å². The fourth-order valence-corrected chi connectivity index (χ4v) is 0.635. The van der Waals surface area contributed by atoms with Gasteiger partial charge in [-0.15, -0.1) is 10.2 Å². The highest BCUT2D eigenvalue weighted by atomic mass is 16.1. The van der Waals surface area contributed by atoms with E-state index in [2.05, 4.69) is 20.7 Å². The van der Waals surface area contributed by atoms with Gasteiger partial charge >= 0.3 is 0 Å². The highest BCUT2D eigenvalue weighted by Crippen LogP contribution is 1.85. The molecule has 0 aliphatic rings. The van der Waals surface area contributed by atoms with E-state index in [1.54, 1.807) is 14.1 Å². The molecule has 0 bridgehead atoms. The minimum absolute atomic E-state index is 0.152. The number of nitrogens with one attached hydrogen (secondary N) is 1. The number of likely N-dealkylation sites (N-methyl/N-ethyl adjacent to an activating group) is 1. The van der Waals surface area contributed by atoms with Gasteiger partial charge in [-0.2, -0.15) is 4.80 Å². The lowest BCUT2D eigenvalue weighted by atomic mass is 10.4. The summed E-state index contributed by atoms with van der Waals surface area (Å²) in [6.07, 6.45) is 0. The van der Waals surface area contributed by atoms with Crippen LogP contribution in [-0.2, 0) is 7.05 Å². The van der Waals surface area contributed by atoms with E-state index < -0.39 is 0 Å². The molecule has 0 radical (unpaired) electrons. The Hall–Kier alpha value is -1.30. The third-order valence-electron chi connectivity index (χ3n) is 1.10. The molecule has 1 N–H and O–H groups in total. The largest absolute Gasteiger partial charge is 0.313 e. The SMILES string of the molecule is CNCC(=O)c1nnn(C)n1. The highest BCUT2D eigenvalue weighted by molar-refractivity contribution is 5.93. The Labute approximate surface area is 63.6 Å². The van der Waals surface area contributed by atoms with E-state index in [1.807, 2.05) is 0 Å². The normalized spacial score (nSPS) is 10.0. The number of nitrogens with zero attached hydrogens (tertiary/aromatic N) is 4. The van der Waals surface area contributed by atoms with Gasteiger partial charge in [0.25, 0.3) is 0 Å². The number of aromatic nitrogens is 4. The summed E-state index contributed by atoms with van der Waals surface area (Å²) in [6.45, 7) is 0.242. The average Bonchev–Trinajstić information content (AvgIpc) is 2.36. The summed E-state index contributed by atoms with van der Waals surface area (Å²) < 4.78 is 0. The molecule has 0 aromatic carbocycles. The number of carbonyl (C=O) groups is 1. The number of carbonyl (C=O) groups excluding carboxylic acids is 1. The molecule has 0 spiro atoms. The Morgan fingerprint density at radius 3 is 2.91 bits per heavy atom. The maximum atomic E-state index is 11.0. The van der Waals surface area contributed by atoms with Crippen molar-refractivity contribution in [2.24, 2.45) is 7.05 Å². The predicted octanol–water partition coefficient (Wildman–Crippen LogP) is -1.39. The molecule has 0 saturated heterocycles. The third-order valence-corrected chi connectivity index (χ3v) is 1.10. The van der Waals surface area contributed by atoms with Crippen LogP contribution in [0.1, 0.15) is 10.6 Å². The van der Waals surface area contributed by atoms with Crippen LogP contribution >= 0.6 is 0 Å². The second kappa shape index (κ2) is 3.20. The Morgan fingerprint density at radius 2 is 2.45 bits per heavy atom. The smallest absolute Gasteiger partial charge is 0.241 e.